The molecular weight excluding hydrogens is 481 g/mol. The Bertz CT molecular complexity index is 1230. The van der Waals surface area contributed by atoms with E-state index < -0.39 is 28.0 Å². The molecule has 2 aliphatic carbocycles. The Labute approximate surface area is 203 Å². The first-order chi connectivity index (χ1) is 16.1. The van der Waals surface area contributed by atoms with Gasteiger partial charge in [-0.3, -0.25) is 13.9 Å². The third kappa shape index (κ3) is 3.96. The topological polar surface area (TPSA) is 114 Å². The fourth-order valence-electron chi connectivity index (χ4n) is 4.37. The van der Waals surface area contributed by atoms with E-state index in [1.54, 1.807) is 11.1 Å². The van der Waals surface area contributed by atoms with Gasteiger partial charge in [-0.05, 0) is 57.2 Å². The van der Waals surface area contributed by atoms with Crippen molar-refractivity contribution in [1.29, 1.82) is 5.26 Å². The summed E-state index contributed by atoms with van der Waals surface area (Å²) in [4.78, 5) is 15.3. The number of benzene rings is 1. The highest BCUT2D eigenvalue weighted by Crippen LogP contribution is 2.61. The minimum Gasteiger partial charge on any atom is -0.336 e. The van der Waals surface area contributed by atoms with E-state index in [2.05, 4.69) is 16.5 Å². The fourth-order valence-corrected chi connectivity index (χ4v) is 6.39. The van der Waals surface area contributed by atoms with Gasteiger partial charge in [0.1, 0.15) is 23.2 Å². The second kappa shape index (κ2) is 8.27. The summed E-state index contributed by atoms with van der Waals surface area (Å²) in [5.41, 5.74) is -0.0788. The molecule has 1 aromatic carbocycles. The van der Waals surface area contributed by atoms with Crippen molar-refractivity contribution in [1.82, 2.24) is 15.1 Å². The molecule has 0 spiro atoms. The molecule has 3 N–H and O–H groups in total. The molecule has 0 unspecified atom stereocenters. The smallest absolute Gasteiger partial charge is 0.244 e. The van der Waals surface area contributed by atoms with Gasteiger partial charge in [0.2, 0.25) is 5.91 Å². The highest BCUT2D eigenvalue weighted by Gasteiger charge is 2.48. The summed E-state index contributed by atoms with van der Waals surface area (Å²) in [6, 6.07) is 6.84. The van der Waals surface area contributed by atoms with Crippen LogP contribution >= 0.6 is 22.2 Å². The minimum absolute atomic E-state index is 0.00203. The molecule has 3 aliphatic rings. The lowest BCUT2D eigenvalue weighted by molar-refractivity contribution is -0.122. The number of hydrogen-bond donors (Lipinski definition) is 3. The molecule has 1 atom stereocenters. The van der Waals surface area contributed by atoms with E-state index in [-0.39, 0.29) is 33.2 Å². The average molecular weight is 506 g/mol. The molecule has 0 bridgehead atoms. The van der Waals surface area contributed by atoms with Crippen molar-refractivity contribution < 1.29 is 18.3 Å². The van der Waals surface area contributed by atoms with E-state index in [9.17, 15) is 23.6 Å². The zero-order valence-corrected chi connectivity index (χ0v) is 20.1. The number of aromatic nitrogens is 2. The summed E-state index contributed by atoms with van der Waals surface area (Å²) in [5, 5.41) is 16.8. The SMILES string of the molecule is Cc1cc(N2C=C(S(O)(O)c3ccc(F)cc3Cl)C[C@H]2C(=O)NC2(C#N)CC2)n(C2CCC2)n1. The zero-order valence-electron chi connectivity index (χ0n) is 18.5. The summed E-state index contributed by atoms with van der Waals surface area (Å²) >= 11 is 6.15. The van der Waals surface area contributed by atoms with E-state index in [1.807, 2.05) is 17.7 Å². The van der Waals surface area contributed by atoms with Crippen LogP contribution < -0.4 is 10.2 Å². The number of nitrogens with zero attached hydrogens (tertiary/aromatic N) is 4. The van der Waals surface area contributed by atoms with Crippen LogP contribution in [0.15, 0.2) is 40.3 Å². The molecule has 0 radical (unpaired) electrons. The molecule has 2 saturated carbocycles. The lowest BCUT2D eigenvalue weighted by Gasteiger charge is -2.34. The summed E-state index contributed by atoms with van der Waals surface area (Å²) in [7, 11) is -3.60. The maximum absolute atomic E-state index is 13.6. The van der Waals surface area contributed by atoms with Crippen molar-refractivity contribution in [3.05, 3.63) is 51.9 Å². The number of aryl methyl sites for hydroxylation is 1. The molecule has 1 aromatic heterocycles. The Hall–Kier alpha value is -2.58. The van der Waals surface area contributed by atoms with Crippen molar-refractivity contribution in [2.75, 3.05) is 4.90 Å². The van der Waals surface area contributed by atoms with Gasteiger partial charge in [0, 0.05) is 18.7 Å². The van der Waals surface area contributed by atoms with E-state index >= 15 is 0 Å². The maximum atomic E-state index is 13.6. The molecule has 0 saturated heterocycles. The third-order valence-electron chi connectivity index (χ3n) is 6.73. The maximum Gasteiger partial charge on any atom is 0.244 e. The highest BCUT2D eigenvalue weighted by atomic mass is 35.5. The Kier molecular flexibility index (Phi) is 5.64. The average Bonchev–Trinajstić information content (AvgIpc) is 3.19. The Morgan fingerprint density at radius 2 is 2.09 bits per heavy atom. The number of rotatable bonds is 6. The van der Waals surface area contributed by atoms with Gasteiger partial charge in [-0.15, -0.1) is 10.6 Å². The van der Waals surface area contributed by atoms with E-state index in [0.29, 0.717) is 18.7 Å². The summed E-state index contributed by atoms with van der Waals surface area (Å²) in [6.07, 6.45) is 5.81. The number of carbonyl (C=O) groups excluding carboxylic acids is 1. The summed E-state index contributed by atoms with van der Waals surface area (Å²) in [6.45, 7) is 1.87. The molecule has 11 heteroatoms. The monoisotopic (exact) mass is 505 g/mol. The van der Waals surface area contributed by atoms with E-state index in [1.165, 1.54) is 6.07 Å². The molecule has 2 fully saturated rings. The Morgan fingerprint density at radius 1 is 1.35 bits per heavy atom. The molecule has 2 aromatic rings. The number of carbonyl (C=O) groups is 1. The van der Waals surface area contributed by atoms with Crippen molar-refractivity contribution in [3.63, 3.8) is 0 Å². The van der Waals surface area contributed by atoms with E-state index in [0.717, 1.165) is 37.1 Å². The highest BCUT2D eigenvalue weighted by molar-refractivity contribution is 8.27. The van der Waals surface area contributed by atoms with Crippen LogP contribution in [-0.2, 0) is 4.79 Å². The number of nitriles is 1. The van der Waals surface area contributed by atoms with Gasteiger partial charge >= 0.3 is 0 Å². The predicted molar refractivity (Wildman–Crippen MR) is 127 cm³/mol. The number of anilines is 1. The molecular formula is C23H25ClFN5O3S. The zero-order chi connectivity index (χ0) is 24.3. The van der Waals surface area contributed by atoms with Gasteiger partial charge in [-0.1, -0.05) is 11.6 Å². The molecule has 2 heterocycles. The van der Waals surface area contributed by atoms with Gasteiger partial charge in [0.25, 0.3) is 0 Å². The van der Waals surface area contributed by atoms with Crippen molar-refractivity contribution in [3.8, 4) is 6.07 Å². The van der Waals surface area contributed by atoms with Crippen molar-refractivity contribution >= 4 is 33.9 Å². The van der Waals surface area contributed by atoms with Crippen LogP contribution in [0.5, 0.6) is 0 Å². The first-order valence-electron chi connectivity index (χ1n) is 11.2. The Balaban J connectivity index is 1.54. The van der Waals surface area contributed by atoms with Gasteiger partial charge in [0.15, 0.2) is 0 Å². The van der Waals surface area contributed by atoms with Crippen LogP contribution in [0.2, 0.25) is 5.02 Å². The summed E-state index contributed by atoms with van der Waals surface area (Å²) < 4.78 is 37.8. The first-order valence-corrected chi connectivity index (χ1v) is 13.1. The van der Waals surface area contributed by atoms with Gasteiger partial charge < -0.3 is 10.2 Å². The lowest BCUT2D eigenvalue weighted by Crippen LogP contribution is -2.48. The number of halogens is 2. The van der Waals surface area contributed by atoms with Crippen LogP contribution in [0.4, 0.5) is 10.2 Å². The van der Waals surface area contributed by atoms with E-state index in [4.69, 9.17) is 11.6 Å². The van der Waals surface area contributed by atoms with Crippen LogP contribution in [0.1, 0.15) is 50.3 Å². The summed E-state index contributed by atoms with van der Waals surface area (Å²) in [5.74, 6) is -0.279. The quantitative estimate of drug-likeness (QED) is 0.502. The van der Waals surface area contributed by atoms with Crippen molar-refractivity contribution in [2.45, 2.75) is 68.0 Å². The second-order valence-corrected chi connectivity index (χ2v) is 11.7. The number of nitrogens with one attached hydrogen (secondary N) is 1. The van der Waals surface area contributed by atoms with Crippen molar-refractivity contribution in [2.24, 2.45) is 0 Å². The molecule has 1 aliphatic heterocycles. The second-order valence-electron chi connectivity index (χ2n) is 9.20. The minimum atomic E-state index is -3.60. The fraction of sp³-hybridized carbons (Fsp3) is 0.435. The first kappa shape index (κ1) is 23.2. The van der Waals surface area contributed by atoms with Crippen LogP contribution in [0, 0.1) is 24.1 Å². The normalized spacial score (nSPS) is 22.1. The third-order valence-corrected chi connectivity index (χ3v) is 9.13. The molecule has 1 amide bonds. The van der Waals surface area contributed by atoms with Crippen LogP contribution in [-0.4, -0.2) is 36.4 Å². The van der Waals surface area contributed by atoms with Gasteiger partial charge in [0.05, 0.1) is 32.6 Å². The van der Waals surface area contributed by atoms with Gasteiger partial charge in [-0.2, -0.15) is 10.4 Å². The molecule has 34 heavy (non-hydrogen) atoms. The van der Waals surface area contributed by atoms with Gasteiger partial charge in [-0.25, -0.2) is 9.07 Å². The number of amides is 1. The molecule has 5 rings (SSSR count). The predicted octanol–water partition coefficient (Wildman–Crippen LogP) is 5.11. The number of hydrogen-bond acceptors (Lipinski definition) is 6. The molecule has 180 valence electrons. The standard InChI is InChI=1S/C23H25ClFN5O3S/c1-14-9-21(30(28-14)16-3-2-4-16)29-12-17(11-19(29)22(31)27-23(13-26)7-8-23)34(32,33)20-6-5-15(25)10-18(20)24/h5-6,9-10,12,16,19,32-33H,2-4,7-8,11H2,1H3,(H,27,31)/t19-/m0/s1. The van der Waals surface area contributed by atoms with Crippen LogP contribution in [0.3, 0.4) is 0 Å². The van der Waals surface area contributed by atoms with Crippen LogP contribution in [0.25, 0.3) is 0 Å². The lowest BCUT2D eigenvalue weighted by atomic mass is 9.93. The largest absolute Gasteiger partial charge is 0.336 e. The Morgan fingerprint density at radius 3 is 2.68 bits per heavy atom. The molecule has 8 nitrogen and oxygen atoms in total.